The summed E-state index contributed by atoms with van der Waals surface area (Å²) in [7, 11) is 0. The molecule has 5 heteroatoms. The summed E-state index contributed by atoms with van der Waals surface area (Å²) in [6, 6.07) is 0. The minimum atomic E-state index is -0.568. The first-order chi connectivity index (χ1) is 8.20. The molecule has 0 saturated carbocycles. The van der Waals surface area contributed by atoms with Crippen molar-refractivity contribution in [3.8, 4) is 0 Å². The van der Waals surface area contributed by atoms with E-state index in [-0.39, 0.29) is 13.2 Å². The first-order valence-electron chi connectivity index (χ1n) is 5.73. The Morgan fingerprint density at radius 3 is 2.53 bits per heavy atom. The minimum Gasteiger partial charge on any atom is -0.461 e. The van der Waals surface area contributed by atoms with E-state index in [1.807, 2.05) is 0 Å². The van der Waals surface area contributed by atoms with Gasteiger partial charge in [0.05, 0.1) is 6.61 Å². The third-order valence-corrected chi connectivity index (χ3v) is 1.77. The Hall–Kier alpha value is -1.36. The van der Waals surface area contributed by atoms with Crippen LogP contribution < -0.4 is 0 Å². The second kappa shape index (κ2) is 11.1. The molecule has 0 heterocycles. The van der Waals surface area contributed by atoms with Crippen LogP contribution in [0.5, 0.6) is 0 Å². The quantitative estimate of drug-likeness (QED) is 0.349. The molecule has 0 spiro atoms. The smallest absolute Gasteiger partial charge is 0.344 e. The summed E-state index contributed by atoms with van der Waals surface area (Å²) in [6.07, 6.45) is 4.84. The summed E-state index contributed by atoms with van der Waals surface area (Å²) in [6.45, 7) is 4.62. The molecule has 17 heavy (non-hydrogen) atoms. The van der Waals surface area contributed by atoms with Gasteiger partial charge in [0.15, 0.2) is 6.61 Å². The van der Waals surface area contributed by atoms with E-state index < -0.39 is 11.9 Å². The molecule has 0 N–H and O–H groups in total. The first kappa shape index (κ1) is 15.6. The maximum absolute atomic E-state index is 11.1. The van der Waals surface area contributed by atoms with Crippen LogP contribution >= 0.6 is 0 Å². The summed E-state index contributed by atoms with van der Waals surface area (Å²) < 4.78 is 14.6. The van der Waals surface area contributed by atoms with Crippen molar-refractivity contribution in [3.05, 3.63) is 12.2 Å². The van der Waals surface area contributed by atoms with Gasteiger partial charge >= 0.3 is 11.9 Å². The van der Waals surface area contributed by atoms with Crippen LogP contribution in [0.3, 0.4) is 0 Å². The maximum atomic E-state index is 11.1. The molecule has 0 fully saturated rings. The van der Waals surface area contributed by atoms with Gasteiger partial charge in [-0.3, -0.25) is 0 Å². The van der Waals surface area contributed by atoms with Crippen molar-refractivity contribution in [1.82, 2.24) is 0 Å². The molecule has 0 rings (SSSR count). The number of hydrogen-bond donors (Lipinski definition) is 0. The van der Waals surface area contributed by atoms with E-state index in [2.05, 4.69) is 11.7 Å². The van der Waals surface area contributed by atoms with Crippen LogP contribution in [0.15, 0.2) is 12.2 Å². The van der Waals surface area contributed by atoms with E-state index >= 15 is 0 Å². The molecule has 0 bridgehead atoms. The van der Waals surface area contributed by atoms with Crippen LogP contribution in [0.1, 0.15) is 26.7 Å². The number of carbonyl (C=O) groups excluding carboxylic acids is 2. The van der Waals surface area contributed by atoms with Crippen LogP contribution in [-0.4, -0.2) is 38.4 Å². The fourth-order valence-electron chi connectivity index (χ4n) is 0.919. The Morgan fingerprint density at radius 1 is 1.12 bits per heavy atom. The highest BCUT2D eigenvalue weighted by atomic mass is 16.6. The van der Waals surface area contributed by atoms with E-state index in [4.69, 9.17) is 9.47 Å². The minimum absolute atomic E-state index is 0.184. The van der Waals surface area contributed by atoms with Gasteiger partial charge in [0.25, 0.3) is 0 Å². The lowest BCUT2D eigenvalue weighted by atomic mass is 10.4. The third-order valence-electron chi connectivity index (χ3n) is 1.77. The Bertz CT molecular complexity index is 247. The molecular weight excluding hydrogens is 224 g/mol. The van der Waals surface area contributed by atoms with Crippen molar-refractivity contribution in [2.45, 2.75) is 26.7 Å². The molecule has 98 valence electrons. The number of unbranched alkanes of at least 4 members (excludes halogenated alkanes) is 1. The monoisotopic (exact) mass is 244 g/mol. The van der Waals surface area contributed by atoms with Crippen LogP contribution in [0.2, 0.25) is 0 Å². The molecule has 5 nitrogen and oxygen atoms in total. The molecule has 0 aliphatic rings. The second-order valence-corrected chi connectivity index (χ2v) is 3.29. The van der Waals surface area contributed by atoms with Gasteiger partial charge in [-0.25, -0.2) is 9.59 Å². The second-order valence-electron chi connectivity index (χ2n) is 3.29. The predicted molar refractivity (Wildman–Crippen MR) is 62.5 cm³/mol. The lowest BCUT2D eigenvalue weighted by molar-refractivity contribution is -0.157. The van der Waals surface area contributed by atoms with Gasteiger partial charge in [0.2, 0.25) is 0 Å². The zero-order valence-electron chi connectivity index (χ0n) is 10.4. The molecule has 0 aromatic carbocycles. The summed E-state index contributed by atoms with van der Waals surface area (Å²) in [5, 5.41) is 0. The molecule has 0 saturated heterocycles. The fraction of sp³-hybridized carbons (Fsp3) is 0.667. The lowest BCUT2D eigenvalue weighted by Crippen LogP contribution is -2.17. The Morgan fingerprint density at radius 2 is 1.88 bits per heavy atom. The van der Waals surface area contributed by atoms with Gasteiger partial charge in [0, 0.05) is 12.7 Å². The number of rotatable bonds is 9. The molecule has 0 unspecified atom stereocenters. The van der Waals surface area contributed by atoms with Crippen molar-refractivity contribution in [2.75, 3.05) is 26.4 Å². The van der Waals surface area contributed by atoms with Gasteiger partial charge < -0.3 is 14.2 Å². The largest absolute Gasteiger partial charge is 0.461 e. The summed E-state index contributed by atoms with van der Waals surface area (Å²) >= 11 is 0. The highest BCUT2D eigenvalue weighted by Gasteiger charge is 2.05. The van der Waals surface area contributed by atoms with E-state index in [1.165, 1.54) is 12.2 Å². The van der Waals surface area contributed by atoms with Gasteiger partial charge in [-0.15, -0.1) is 0 Å². The van der Waals surface area contributed by atoms with Crippen molar-refractivity contribution in [3.63, 3.8) is 0 Å². The van der Waals surface area contributed by atoms with Crippen molar-refractivity contribution >= 4 is 11.9 Å². The van der Waals surface area contributed by atoms with Gasteiger partial charge in [0.1, 0.15) is 6.61 Å². The molecule has 0 aliphatic heterocycles. The zero-order chi connectivity index (χ0) is 12.9. The molecular formula is C12H20O5. The van der Waals surface area contributed by atoms with Gasteiger partial charge in [-0.2, -0.15) is 0 Å². The highest BCUT2D eigenvalue weighted by Crippen LogP contribution is 1.89. The summed E-state index contributed by atoms with van der Waals surface area (Å²) in [5.41, 5.74) is 0. The van der Waals surface area contributed by atoms with E-state index in [0.29, 0.717) is 13.2 Å². The average molecular weight is 244 g/mol. The lowest BCUT2D eigenvalue weighted by Gasteiger charge is -2.05. The molecule has 0 aromatic heterocycles. The van der Waals surface area contributed by atoms with Crippen molar-refractivity contribution < 1.29 is 23.8 Å². The van der Waals surface area contributed by atoms with Crippen LogP contribution in [-0.2, 0) is 23.8 Å². The molecule has 0 amide bonds. The molecule has 0 aliphatic carbocycles. The Kier molecular flexibility index (Phi) is 10.2. The molecule has 0 aromatic rings. The van der Waals surface area contributed by atoms with E-state index in [0.717, 1.165) is 12.8 Å². The van der Waals surface area contributed by atoms with E-state index in [1.54, 1.807) is 6.92 Å². The zero-order valence-corrected chi connectivity index (χ0v) is 10.4. The van der Waals surface area contributed by atoms with Crippen molar-refractivity contribution in [1.29, 1.82) is 0 Å². The Labute approximate surface area is 102 Å². The maximum Gasteiger partial charge on any atom is 0.344 e. The number of hydrogen-bond acceptors (Lipinski definition) is 5. The van der Waals surface area contributed by atoms with E-state index in [9.17, 15) is 9.59 Å². The number of carbonyl (C=O) groups is 2. The standard InChI is InChI=1S/C12H20O5/c1-3-5-7-15-8-9-16-12(14)10-17-11(13)6-4-2/h4,6H,3,5,7-10H2,1-2H3/b6-4-. The number of ether oxygens (including phenoxy) is 3. The molecule has 0 radical (unpaired) electrons. The van der Waals surface area contributed by atoms with Crippen LogP contribution in [0.4, 0.5) is 0 Å². The average Bonchev–Trinajstić information content (AvgIpc) is 2.31. The number of esters is 2. The van der Waals surface area contributed by atoms with Gasteiger partial charge in [-0.1, -0.05) is 19.4 Å². The normalized spacial score (nSPS) is 10.5. The first-order valence-corrected chi connectivity index (χ1v) is 5.73. The third kappa shape index (κ3) is 10.9. The summed E-state index contributed by atoms with van der Waals surface area (Å²) in [4.78, 5) is 21.9. The van der Waals surface area contributed by atoms with Crippen LogP contribution in [0, 0.1) is 0 Å². The summed E-state index contributed by atoms with van der Waals surface area (Å²) in [5.74, 6) is -1.12. The SMILES string of the molecule is C/C=C\C(=O)OCC(=O)OCCOCCCC. The van der Waals surface area contributed by atoms with Gasteiger partial charge in [-0.05, 0) is 13.3 Å². The molecule has 0 atom stereocenters. The highest BCUT2D eigenvalue weighted by molar-refractivity contribution is 5.84. The fourth-order valence-corrected chi connectivity index (χ4v) is 0.919. The predicted octanol–water partition coefficient (Wildman–Crippen LogP) is 1.47. The number of allylic oxidation sites excluding steroid dienone is 1. The van der Waals surface area contributed by atoms with Crippen LogP contribution in [0.25, 0.3) is 0 Å². The Balaban J connectivity index is 3.38. The van der Waals surface area contributed by atoms with Crippen molar-refractivity contribution in [2.24, 2.45) is 0 Å². The topological polar surface area (TPSA) is 61.8 Å².